The molecule has 5 nitrogen and oxygen atoms in total. The van der Waals surface area contributed by atoms with Crippen molar-refractivity contribution in [2.24, 2.45) is 4.99 Å². The number of carbonyl (C=O) groups excluding carboxylic acids is 1. The topological polar surface area (TPSA) is 52.8 Å². The van der Waals surface area contributed by atoms with E-state index < -0.39 is 0 Å². The van der Waals surface area contributed by atoms with Crippen molar-refractivity contribution < 1.29 is 14.3 Å². The standard InChI is InChI=1S/C22H27ClN2O3/c1-22(2,3)15-9-10-25(14-17-6-5-11-28-17)20(12-15)24-21(26)18-13-16(23)7-8-19(18)27-4/h7-10,12-13,17H,5-6,11,14H2,1-4H3/t17-/m1/s1. The lowest BCUT2D eigenvalue weighted by atomic mass is 9.88. The van der Waals surface area contributed by atoms with E-state index in [1.54, 1.807) is 18.2 Å². The number of hydrogen-bond acceptors (Lipinski definition) is 3. The van der Waals surface area contributed by atoms with Crippen LogP contribution >= 0.6 is 11.6 Å². The van der Waals surface area contributed by atoms with Crippen LogP contribution in [0.1, 0.15) is 49.5 Å². The molecule has 0 N–H and O–H groups in total. The maximum Gasteiger partial charge on any atom is 0.282 e. The second-order valence-corrected chi connectivity index (χ2v) is 8.51. The lowest BCUT2D eigenvalue weighted by Gasteiger charge is -2.21. The van der Waals surface area contributed by atoms with Crippen LogP contribution in [0.3, 0.4) is 0 Å². The number of ether oxygens (including phenoxy) is 2. The predicted molar refractivity (Wildman–Crippen MR) is 110 cm³/mol. The molecule has 0 spiro atoms. The lowest BCUT2D eigenvalue weighted by molar-refractivity contribution is 0.0944. The summed E-state index contributed by atoms with van der Waals surface area (Å²) in [5.41, 5.74) is 2.01. The Kier molecular flexibility index (Phi) is 6.26. The molecule has 0 saturated carbocycles. The van der Waals surface area contributed by atoms with Crippen molar-refractivity contribution in [3.05, 3.63) is 58.2 Å². The summed E-state index contributed by atoms with van der Waals surface area (Å²) in [4.78, 5) is 17.4. The van der Waals surface area contributed by atoms with Gasteiger partial charge in [0.15, 0.2) is 0 Å². The zero-order valence-electron chi connectivity index (χ0n) is 16.9. The first-order valence-electron chi connectivity index (χ1n) is 9.53. The molecular weight excluding hydrogens is 376 g/mol. The molecular formula is C22H27ClN2O3. The Morgan fingerprint density at radius 3 is 2.75 bits per heavy atom. The van der Waals surface area contributed by atoms with Gasteiger partial charge < -0.3 is 14.0 Å². The number of benzene rings is 1. The van der Waals surface area contributed by atoms with Gasteiger partial charge in [0.2, 0.25) is 0 Å². The van der Waals surface area contributed by atoms with Crippen molar-refractivity contribution in [2.75, 3.05) is 13.7 Å². The van der Waals surface area contributed by atoms with Gasteiger partial charge in [0.1, 0.15) is 11.2 Å². The number of carbonyl (C=O) groups is 1. The minimum absolute atomic E-state index is 0.0516. The summed E-state index contributed by atoms with van der Waals surface area (Å²) >= 11 is 6.08. The molecule has 28 heavy (non-hydrogen) atoms. The predicted octanol–water partition coefficient (Wildman–Crippen LogP) is 4.37. The van der Waals surface area contributed by atoms with Crippen LogP contribution in [0.4, 0.5) is 0 Å². The van der Waals surface area contributed by atoms with Crippen molar-refractivity contribution in [3.63, 3.8) is 0 Å². The Morgan fingerprint density at radius 1 is 1.32 bits per heavy atom. The maximum atomic E-state index is 12.9. The van der Waals surface area contributed by atoms with E-state index in [0.717, 1.165) is 25.0 Å². The third-order valence-corrected chi connectivity index (χ3v) is 5.15. The van der Waals surface area contributed by atoms with Gasteiger partial charge in [-0.2, -0.15) is 4.99 Å². The fourth-order valence-corrected chi connectivity index (χ4v) is 3.43. The van der Waals surface area contributed by atoms with E-state index in [4.69, 9.17) is 21.1 Å². The van der Waals surface area contributed by atoms with Gasteiger partial charge in [-0.3, -0.25) is 4.79 Å². The van der Waals surface area contributed by atoms with Gasteiger partial charge in [0, 0.05) is 17.8 Å². The number of pyridine rings is 1. The smallest absolute Gasteiger partial charge is 0.282 e. The largest absolute Gasteiger partial charge is 0.496 e. The quantitative estimate of drug-likeness (QED) is 0.763. The first-order chi connectivity index (χ1) is 13.3. The number of hydrogen-bond donors (Lipinski definition) is 0. The average molecular weight is 403 g/mol. The fourth-order valence-electron chi connectivity index (χ4n) is 3.25. The zero-order valence-corrected chi connectivity index (χ0v) is 17.6. The molecule has 1 aliphatic heterocycles. The van der Waals surface area contributed by atoms with E-state index in [1.807, 2.05) is 16.8 Å². The molecule has 1 aromatic carbocycles. The maximum absolute atomic E-state index is 12.9. The van der Waals surface area contributed by atoms with E-state index in [-0.39, 0.29) is 17.4 Å². The van der Waals surface area contributed by atoms with E-state index in [1.165, 1.54) is 7.11 Å². The van der Waals surface area contributed by atoms with Crippen molar-refractivity contribution in [1.82, 2.24) is 4.57 Å². The molecule has 0 unspecified atom stereocenters. The van der Waals surface area contributed by atoms with Crippen LogP contribution < -0.4 is 10.2 Å². The molecule has 1 amide bonds. The third-order valence-electron chi connectivity index (χ3n) is 4.91. The molecule has 1 saturated heterocycles. The second-order valence-electron chi connectivity index (χ2n) is 8.07. The highest BCUT2D eigenvalue weighted by atomic mass is 35.5. The molecule has 0 bridgehead atoms. The Morgan fingerprint density at radius 2 is 2.11 bits per heavy atom. The van der Waals surface area contributed by atoms with E-state index in [2.05, 4.69) is 31.8 Å². The third kappa shape index (κ3) is 4.83. The Hall–Kier alpha value is -2.11. The van der Waals surface area contributed by atoms with Crippen LogP contribution in [-0.4, -0.2) is 30.3 Å². The van der Waals surface area contributed by atoms with Crippen LogP contribution in [0.25, 0.3) is 0 Å². The molecule has 2 aromatic rings. The molecule has 1 atom stereocenters. The van der Waals surface area contributed by atoms with Crippen molar-refractivity contribution in [3.8, 4) is 5.75 Å². The first kappa shape index (κ1) is 20.6. The van der Waals surface area contributed by atoms with Gasteiger partial charge in [0.05, 0.1) is 25.3 Å². The Balaban J connectivity index is 2.06. The van der Waals surface area contributed by atoms with E-state index in [9.17, 15) is 4.79 Å². The van der Waals surface area contributed by atoms with Gasteiger partial charge in [-0.25, -0.2) is 0 Å². The van der Waals surface area contributed by atoms with Crippen molar-refractivity contribution >= 4 is 17.5 Å². The second kappa shape index (κ2) is 8.50. The lowest BCUT2D eigenvalue weighted by Crippen LogP contribution is -2.29. The zero-order chi connectivity index (χ0) is 20.3. The number of rotatable bonds is 4. The summed E-state index contributed by atoms with van der Waals surface area (Å²) < 4.78 is 13.1. The monoisotopic (exact) mass is 402 g/mol. The summed E-state index contributed by atoms with van der Waals surface area (Å²) in [7, 11) is 1.53. The highest BCUT2D eigenvalue weighted by molar-refractivity contribution is 6.31. The van der Waals surface area contributed by atoms with Crippen LogP contribution in [-0.2, 0) is 16.7 Å². The summed E-state index contributed by atoms with van der Waals surface area (Å²) in [6.07, 6.45) is 4.22. The number of halogens is 1. The van der Waals surface area contributed by atoms with Crippen LogP contribution in [0.2, 0.25) is 5.02 Å². The average Bonchev–Trinajstić information content (AvgIpc) is 3.15. The van der Waals surface area contributed by atoms with E-state index >= 15 is 0 Å². The SMILES string of the molecule is COc1ccc(Cl)cc1C(=O)N=c1cc(C(C)(C)C)ccn1C[C@H]1CCCO1. The summed E-state index contributed by atoms with van der Waals surface area (Å²) in [5.74, 6) is 0.0716. The van der Waals surface area contributed by atoms with Gasteiger partial charge in [-0.1, -0.05) is 32.4 Å². The van der Waals surface area contributed by atoms with Gasteiger partial charge in [-0.15, -0.1) is 0 Å². The fraction of sp³-hybridized carbons (Fsp3) is 0.455. The Labute approximate surface area is 171 Å². The van der Waals surface area contributed by atoms with Gasteiger partial charge in [0.25, 0.3) is 5.91 Å². The molecule has 6 heteroatoms. The molecule has 2 heterocycles. The van der Waals surface area contributed by atoms with Gasteiger partial charge in [-0.05, 0) is 54.2 Å². The highest BCUT2D eigenvalue weighted by Crippen LogP contribution is 2.24. The van der Waals surface area contributed by atoms with Crippen LogP contribution in [0.15, 0.2) is 41.5 Å². The Bertz CT molecular complexity index is 922. The van der Waals surface area contributed by atoms with Gasteiger partial charge >= 0.3 is 0 Å². The number of aromatic nitrogens is 1. The first-order valence-corrected chi connectivity index (χ1v) is 9.91. The molecule has 150 valence electrons. The molecule has 3 rings (SSSR count). The molecule has 0 radical (unpaired) electrons. The molecule has 1 aliphatic rings. The summed E-state index contributed by atoms with van der Waals surface area (Å²) in [5, 5.41) is 0.468. The number of methoxy groups -OCH3 is 1. The molecule has 1 aromatic heterocycles. The number of amides is 1. The minimum atomic E-state index is -0.383. The van der Waals surface area contributed by atoms with Crippen LogP contribution in [0, 0.1) is 0 Å². The normalized spacial score (nSPS) is 17.8. The van der Waals surface area contributed by atoms with Crippen LogP contribution in [0.5, 0.6) is 5.75 Å². The minimum Gasteiger partial charge on any atom is -0.496 e. The summed E-state index contributed by atoms with van der Waals surface area (Å²) in [6.45, 7) is 7.87. The van der Waals surface area contributed by atoms with E-state index in [0.29, 0.717) is 28.4 Å². The summed E-state index contributed by atoms with van der Waals surface area (Å²) in [6, 6.07) is 9.01. The number of nitrogens with zero attached hydrogens (tertiary/aromatic N) is 2. The highest BCUT2D eigenvalue weighted by Gasteiger charge is 2.19. The van der Waals surface area contributed by atoms with Crippen molar-refractivity contribution in [1.29, 1.82) is 0 Å². The van der Waals surface area contributed by atoms with Crippen molar-refractivity contribution in [2.45, 2.75) is 51.7 Å². The molecule has 0 aliphatic carbocycles. The molecule has 1 fully saturated rings.